The van der Waals surface area contributed by atoms with E-state index in [4.69, 9.17) is 0 Å². The summed E-state index contributed by atoms with van der Waals surface area (Å²) in [5.41, 5.74) is 3.68. The van der Waals surface area contributed by atoms with Crippen LogP contribution in [0, 0.1) is 5.92 Å². The van der Waals surface area contributed by atoms with Gasteiger partial charge in [-0.3, -0.25) is 14.6 Å². The molecule has 0 spiro atoms. The number of thioether (sulfide) groups is 1. The van der Waals surface area contributed by atoms with Crippen LogP contribution in [-0.4, -0.2) is 71.7 Å². The first-order valence-corrected chi connectivity index (χ1v) is 12.0. The van der Waals surface area contributed by atoms with E-state index in [-0.39, 0.29) is 5.91 Å². The van der Waals surface area contributed by atoms with Crippen molar-refractivity contribution in [1.29, 1.82) is 0 Å². The molecule has 5 heteroatoms. The van der Waals surface area contributed by atoms with Crippen molar-refractivity contribution in [3.63, 3.8) is 0 Å². The third-order valence-corrected chi connectivity index (χ3v) is 7.96. The summed E-state index contributed by atoms with van der Waals surface area (Å²) in [5.74, 6) is 2.16. The molecule has 2 fully saturated rings. The predicted octanol–water partition coefficient (Wildman–Crippen LogP) is 3.23. The third-order valence-electron chi connectivity index (χ3n) is 6.99. The SMILES string of the molecule is O=C(c1ccc2c(c1)CCN(CC1C=CSC1)C2)N1CCN(C2CCC2)CC1. The molecule has 150 valence electrons. The first kappa shape index (κ1) is 18.7. The van der Waals surface area contributed by atoms with E-state index in [0.717, 1.165) is 63.8 Å². The highest BCUT2D eigenvalue weighted by molar-refractivity contribution is 8.02. The van der Waals surface area contributed by atoms with Crippen LogP contribution in [0.3, 0.4) is 0 Å². The van der Waals surface area contributed by atoms with Gasteiger partial charge in [-0.25, -0.2) is 0 Å². The topological polar surface area (TPSA) is 26.8 Å². The number of amides is 1. The lowest BCUT2D eigenvalue weighted by molar-refractivity contribution is 0.0455. The highest BCUT2D eigenvalue weighted by Crippen LogP contribution is 2.27. The van der Waals surface area contributed by atoms with Crippen LogP contribution >= 0.6 is 11.8 Å². The van der Waals surface area contributed by atoms with Gasteiger partial charge in [0.2, 0.25) is 0 Å². The molecule has 0 bridgehead atoms. The Balaban J connectivity index is 1.19. The molecule has 1 atom stereocenters. The quantitative estimate of drug-likeness (QED) is 0.779. The Morgan fingerprint density at radius 1 is 1.07 bits per heavy atom. The van der Waals surface area contributed by atoms with Gasteiger partial charge in [0, 0.05) is 63.2 Å². The Labute approximate surface area is 172 Å². The molecule has 0 N–H and O–H groups in total. The Hall–Kier alpha value is -1.30. The van der Waals surface area contributed by atoms with Crippen LogP contribution in [0.4, 0.5) is 0 Å². The molecule has 1 saturated heterocycles. The highest BCUT2D eigenvalue weighted by atomic mass is 32.2. The summed E-state index contributed by atoms with van der Waals surface area (Å²) in [6.07, 6.45) is 7.51. The minimum atomic E-state index is 0.228. The maximum atomic E-state index is 13.0. The van der Waals surface area contributed by atoms with Crippen molar-refractivity contribution >= 4 is 17.7 Å². The molecule has 1 amide bonds. The second-order valence-corrected chi connectivity index (χ2v) is 9.74. The van der Waals surface area contributed by atoms with E-state index < -0.39 is 0 Å². The number of fused-ring (bicyclic) bond motifs is 1. The number of benzene rings is 1. The molecule has 3 aliphatic heterocycles. The molecule has 1 saturated carbocycles. The monoisotopic (exact) mass is 397 g/mol. The van der Waals surface area contributed by atoms with Crippen molar-refractivity contribution in [1.82, 2.24) is 14.7 Å². The molecule has 4 nitrogen and oxygen atoms in total. The zero-order chi connectivity index (χ0) is 18.9. The molecule has 0 aromatic heterocycles. The van der Waals surface area contributed by atoms with Gasteiger partial charge < -0.3 is 4.90 Å². The first-order valence-electron chi connectivity index (χ1n) is 10.9. The van der Waals surface area contributed by atoms with Crippen LogP contribution < -0.4 is 0 Å². The average molecular weight is 398 g/mol. The van der Waals surface area contributed by atoms with Crippen LogP contribution in [0.2, 0.25) is 0 Å². The minimum absolute atomic E-state index is 0.228. The fourth-order valence-electron chi connectivity index (χ4n) is 4.97. The predicted molar refractivity (Wildman–Crippen MR) is 116 cm³/mol. The molecule has 1 aromatic carbocycles. The van der Waals surface area contributed by atoms with Gasteiger partial charge in [0.25, 0.3) is 5.91 Å². The fraction of sp³-hybridized carbons (Fsp3) is 0.609. The summed E-state index contributed by atoms with van der Waals surface area (Å²) >= 11 is 1.93. The van der Waals surface area contributed by atoms with Gasteiger partial charge in [0.15, 0.2) is 0 Å². The molecule has 1 aromatic rings. The van der Waals surface area contributed by atoms with Gasteiger partial charge in [-0.1, -0.05) is 18.6 Å². The second kappa shape index (κ2) is 8.21. The van der Waals surface area contributed by atoms with Crippen molar-refractivity contribution in [2.24, 2.45) is 5.92 Å². The molecular formula is C23H31N3OS. The first-order chi connectivity index (χ1) is 13.8. The normalized spacial score (nSPS) is 26.3. The van der Waals surface area contributed by atoms with Crippen LogP contribution in [0.5, 0.6) is 0 Å². The lowest BCUT2D eigenvalue weighted by Crippen LogP contribution is -2.53. The maximum Gasteiger partial charge on any atom is 0.253 e. The number of nitrogens with zero attached hydrogens (tertiary/aromatic N) is 3. The number of piperazine rings is 1. The summed E-state index contributed by atoms with van der Waals surface area (Å²) in [6, 6.07) is 7.24. The fourth-order valence-corrected chi connectivity index (χ4v) is 5.88. The lowest BCUT2D eigenvalue weighted by atomic mass is 9.91. The number of hydrogen-bond donors (Lipinski definition) is 0. The van der Waals surface area contributed by atoms with Gasteiger partial charge in [0.05, 0.1) is 0 Å². The molecule has 3 heterocycles. The van der Waals surface area contributed by atoms with E-state index >= 15 is 0 Å². The zero-order valence-corrected chi connectivity index (χ0v) is 17.5. The minimum Gasteiger partial charge on any atom is -0.336 e. The maximum absolute atomic E-state index is 13.0. The summed E-state index contributed by atoms with van der Waals surface area (Å²) in [7, 11) is 0. The Kier molecular flexibility index (Phi) is 5.49. The van der Waals surface area contributed by atoms with Crippen LogP contribution in [-0.2, 0) is 13.0 Å². The molecule has 28 heavy (non-hydrogen) atoms. The van der Waals surface area contributed by atoms with Crippen LogP contribution in [0.15, 0.2) is 29.7 Å². The van der Waals surface area contributed by atoms with Crippen molar-refractivity contribution in [3.05, 3.63) is 46.4 Å². The van der Waals surface area contributed by atoms with Crippen LogP contribution in [0.1, 0.15) is 40.7 Å². The number of rotatable bonds is 4. The molecule has 1 aliphatic carbocycles. The van der Waals surface area contributed by atoms with Crippen molar-refractivity contribution in [2.45, 2.75) is 38.3 Å². The number of carbonyl (C=O) groups is 1. The van der Waals surface area contributed by atoms with Crippen molar-refractivity contribution in [3.8, 4) is 0 Å². The summed E-state index contributed by atoms with van der Waals surface area (Å²) in [4.78, 5) is 20.3. The largest absolute Gasteiger partial charge is 0.336 e. The summed E-state index contributed by atoms with van der Waals surface area (Å²) in [6.45, 7) is 7.15. The third kappa shape index (κ3) is 3.89. The van der Waals surface area contributed by atoms with Gasteiger partial charge in [-0.15, -0.1) is 11.8 Å². The summed E-state index contributed by atoms with van der Waals surface area (Å²) in [5, 5.41) is 2.24. The van der Waals surface area contributed by atoms with E-state index in [9.17, 15) is 4.79 Å². The average Bonchev–Trinajstić information content (AvgIpc) is 3.19. The molecule has 1 unspecified atom stereocenters. The van der Waals surface area contributed by atoms with Gasteiger partial charge in [-0.05, 0) is 53.8 Å². The highest BCUT2D eigenvalue weighted by Gasteiger charge is 2.30. The molecule has 0 radical (unpaired) electrons. The number of carbonyl (C=O) groups excluding carboxylic acids is 1. The molecule has 5 rings (SSSR count). The zero-order valence-electron chi connectivity index (χ0n) is 16.7. The van der Waals surface area contributed by atoms with Crippen molar-refractivity contribution < 1.29 is 4.79 Å². The van der Waals surface area contributed by atoms with Gasteiger partial charge in [0.1, 0.15) is 0 Å². The Morgan fingerprint density at radius 3 is 2.64 bits per heavy atom. The standard InChI is InChI=1S/C23H31N3OS/c27-23(26-11-9-25(10-12-26)22-2-1-3-22)20-4-5-21-16-24(8-6-19(21)14-20)15-18-7-13-28-17-18/h4-5,7,13-14,18,22H,1-3,6,8-12,15-17H2. The Morgan fingerprint density at radius 2 is 1.93 bits per heavy atom. The Bertz CT molecular complexity index is 752. The van der Waals surface area contributed by atoms with Gasteiger partial charge >= 0.3 is 0 Å². The van der Waals surface area contributed by atoms with E-state index in [1.165, 1.54) is 36.1 Å². The van der Waals surface area contributed by atoms with Crippen molar-refractivity contribution in [2.75, 3.05) is 45.0 Å². The number of hydrogen-bond acceptors (Lipinski definition) is 4. The smallest absolute Gasteiger partial charge is 0.253 e. The molecular weight excluding hydrogens is 366 g/mol. The van der Waals surface area contributed by atoms with E-state index in [1.54, 1.807) is 0 Å². The second-order valence-electron chi connectivity index (χ2n) is 8.80. The van der Waals surface area contributed by atoms with Crippen LogP contribution in [0.25, 0.3) is 0 Å². The summed E-state index contributed by atoms with van der Waals surface area (Å²) < 4.78 is 0. The van der Waals surface area contributed by atoms with E-state index in [0.29, 0.717) is 5.92 Å². The van der Waals surface area contributed by atoms with Gasteiger partial charge in [-0.2, -0.15) is 0 Å². The van der Waals surface area contributed by atoms with E-state index in [2.05, 4.69) is 44.4 Å². The molecule has 4 aliphatic rings. The van der Waals surface area contributed by atoms with E-state index in [1.807, 2.05) is 11.8 Å². The lowest BCUT2D eigenvalue weighted by Gasteiger charge is -2.43.